The summed E-state index contributed by atoms with van der Waals surface area (Å²) in [4.78, 5) is 4.26. The maximum Gasteiger partial charge on any atom is 0.0743 e. The van der Waals surface area contributed by atoms with Crippen LogP contribution in [-0.4, -0.2) is 11.5 Å². The van der Waals surface area contributed by atoms with E-state index in [0.29, 0.717) is 5.69 Å². The third kappa shape index (κ3) is 2.13. The van der Waals surface area contributed by atoms with Gasteiger partial charge in [0.05, 0.1) is 23.1 Å². The molecule has 15 heavy (non-hydrogen) atoms. The zero-order valence-corrected chi connectivity index (χ0v) is 9.34. The first kappa shape index (κ1) is 11.6. The first-order chi connectivity index (χ1) is 6.83. The predicted molar refractivity (Wildman–Crippen MR) is 67.6 cm³/mol. The lowest BCUT2D eigenvalue weighted by Crippen LogP contribution is -2.02. The first-order valence-electron chi connectivity index (χ1n) is 4.70. The summed E-state index contributed by atoms with van der Waals surface area (Å²) in [5.74, 6) is 0. The monoisotopic (exact) mass is 223 g/mol. The number of nitrogen functional groups attached to an aromatic ring is 1. The number of hydrogen-bond donors (Lipinski definition) is 2. The van der Waals surface area contributed by atoms with Crippen molar-refractivity contribution in [1.82, 2.24) is 4.98 Å². The van der Waals surface area contributed by atoms with Gasteiger partial charge in [0.2, 0.25) is 0 Å². The summed E-state index contributed by atoms with van der Waals surface area (Å²) in [6.45, 7) is 2.91. The van der Waals surface area contributed by atoms with Gasteiger partial charge in [0.15, 0.2) is 0 Å². The van der Waals surface area contributed by atoms with Crippen LogP contribution in [0, 0.1) is 0 Å². The quantitative estimate of drug-likeness (QED) is 0.823. The van der Waals surface area contributed by atoms with Crippen molar-refractivity contribution in [3.8, 4) is 0 Å². The Labute approximate surface area is 95.1 Å². The number of halogens is 1. The standard InChI is InChI=1S/C11H13N3.ClH/c1-2-13-11-8-5-3-4-6-10(8)14-7-9(11)12;/h3-7H,2,12H2,1H3,(H,13,14);1H. The van der Waals surface area contributed by atoms with E-state index in [1.807, 2.05) is 24.3 Å². The van der Waals surface area contributed by atoms with Crippen LogP contribution in [0.4, 0.5) is 11.4 Å². The maximum absolute atomic E-state index is 5.85. The molecule has 0 aliphatic carbocycles. The first-order valence-corrected chi connectivity index (χ1v) is 4.70. The van der Waals surface area contributed by atoms with Crippen molar-refractivity contribution in [1.29, 1.82) is 0 Å². The smallest absolute Gasteiger partial charge is 0.0743 e. The molecule has 0 aliphatic heterocycles. The highest BCUT2D eigenvalue weighted by molar-refractivity contribution is 5.96. The van der Waals surface area contributed by atoms with E-state index in [1.54, 1.807) is 6.20 Å². The minimum atomic E-state index is 0. The van der Waals surface area contributed by atoms with Gasteiger partial charge < -0.3 is 11.1 Å². The fraction of sp³-hybridized carbons (Fsp3) is 0.182. The Morgan fingerprint density at radius 1 is 1.33 bits per heavy atom. The normalized spacial score (nSPS) is 9.67. The van der Waals surface area contributed by atoms with Gasteiger partial charge in [-0.25, -0.2) is 0 Å². The van der Waals surface area contributed by atoms with Crippen molar-refractivity contribution in [3.05, 3.63) is 30.5 Å². The molecule has 3 N–H and O–H groups in total. The Bertz CT molecular complexity index is 457. The van der Waals surface area contributed by atoms with Crippen molar-refractivity contribution in [2.75, 3.05) is 17.6 Å². The molecule has 1 heterocycles. The van der Waals surface area contributed by atoms with E-state index in [4.69, 9.17) is 5.73 Å². The maximum atomic E-state index is 5.85. The average molecular weight is 224 g/mol. The number of fused-ring (bicyclic) bond motifs is 1. The van der Waals surface area contributed by atoms with Gasteiger partial charge in [0.1, 0.15) is 0 Å². The number of pyridine rings is 1. The highest BCUT2D eigenvalue weighted by Gasteiger charge is 2.03. The molecule has 0 fully saturated rings. The number of aromatic nitrogens is 1. The van der Waals surface area contributed by atoms with Crippen LogP contribution in [0.3, 0.4) is 0 Å². The van der Waals surface area contributed by atoms with E-state index in [2.05, 4.69) is 17.2 Å². The molecule has 1 aromatic heterocycles. The lowest BCUT2D eigenvalue weighted by molar-refractivity contribution is 1.22. The van der Waals surface area contributed by atoms with E-state index in [-0.39, 0.29) is 12.4 Å². The van der Waals surface area contributed by atoms with Gasteiger partial charge in [-0.05, 0) is 13.0 Å². The number of benzene rings is 1. The molecular formula is C11H14ClN3. The molecule has 2 aromatic rings. The molecule has 1 aromatic carbocycles. The second-order valence-corrected chi connectivity index (χ2v) is 3.14. The molecule has 0 amide bonds. The highest BCUT2D eigenvalue weighted by Crippen LogP contribution is 2.26. The van der Waals surface area contributed by atoms with Gasteiger partial charge in [-0.1, -0.05) is 18.2 Å². The number of rotatable bonds is 2. The Kier molecular flexibility index (Phi) is 3.74. The van der Waals surface area contributed by atoms with Gasteiger partial charge in [0, 0.05) is 11.9 Å². The largest absolute Gasteiger partial charge is 0.396 e. The van der Waals surface area contributed by atoms with Crippen LogP contribution in [0.15, 0.2) is 30.5 Å². The van der Waals surface area contributed by atoms with E-state index < -0.39 is 0 Å². The summed E-state index contributed by atoms with van der Waals surface area (Å²) >= 11 is 0. The average Bonchev–Trinajstić information content (AvgIpc) is 2.23. The van der Waals surface area contributed by atoms with Crippen LogP contribution in [0.25, 0.3) is 10.9 Å². The number of anilines is 2. The SMILES string of the molecule is CCNc1c(N)cnc2ccccc12.Cl. The molecule has 0 saturated carbocycles. The topological polar surface area (TPSA) is 50.9 Å². The second kappa shape index (κ2) is 4.84. The van der Waals surface area contributed by atoms with Gasteiger partial charge in [-0.2, -0.15) is 0 Å². The number of para-hydroxylation sites is 1. The Balaban J connectivity index is 0.00000112. The summed E-state index contributed by atoms with van der Waals surface area (Å²) < 4.78 is 0. The molecule has 3 nitrogen and oxygen atoms in total. The van der Waals surface area contributed by atoms with E-state index in [0.717, 1.165) is 23.1 Å². The molecule has 0 saturated heterocycles. The van der Waals surface area contributed by atoms with Gasteiger partial charge in [-0.15, -0.1) is 12.4 Å². The van der Waals surface area contributed by atoms with Crippen LogP contribution < -0.4 is 11.1 Å². The lowest BCUT2D eigenvalue weighted by Gasteiger charge is -2.09. The van der Waals surface area contributed by atoms with Gasteiger partial charge >= 0.3 is 0 Å². The summed E-state index contributed by atoms with van der Waals surface area (Å²) in [5, 5.41) is 4.33. The molecule has 0 radical (unpaired) electrons. The Morgan fingerprint density at radius 2 is 2.07 bits per heavy atom. The minimum absolute atomic E-state index is 0. The van der Waals surface area contributed by atoms with E-state index >= 15 is 0 Å². The minimum Gasteiger partial charge on any atom is -0.396 e. The van der Waals surface area contributed by atoms with Crippen LogP contribution in [0.5, 0.6) is 0 Å². The van der Waals surface area contributed by atoms with Crippen molar-refractivity contribution >= 4 is 34.7 Å². The molecule has 0 aliphatic rings. The van der Waals surface area contributed by atoms with Crippen molar-refractivity contribution in [3.63, 3.8) is 0 Å². The van der Waals surface area contributed by atoms with E-state index in [9.17, 15) is 0 Å². The van der Waals surface area contributed by atoms with Crippen molar-refractivity contribution < 1.29 is 0 Å². The molecule has 0 atom stereocenters. The third-order valence-corrected chi connectivity index (χ3v) is 2.16. The number of nitrogens with zero attached hydrogens (tertiary/aromatic N) is 1. The molecule has 80 valence electrons. The second-order valence-electron chi connectivity index (χ2n) is 3.14. The zero-order valence-electron chi connectivity index (χ0n) is 8.53. The molecular weight excluding hydrogens is 210 g/mol. The molecule has 0 spiro atoms. The van der Waals surface area contributed by atoms with Crippen molar-refractivity contribution in [2.45, 2.75) is 6.92 Å². The number of nitrogens with two attached hydrogens (primary N) is 1. The summed E-state index contributed by atoms with van der Waals surface area (Å²) in [7, 11) is 0. The zero-order chi connectivity index (χ0) is 9.97. The summed E-state index contributed by atoms with van der Waals surface area (Å²) in [6, 6.07) is 7.97. The van der Waals surface area contributed by atoms with Crippen LogP contribution >= 0.6 is 12.4 Å². The number of nitrogens with one attached hydrogen (secondary N) is 1. The van der Waals surface area contributed by atoms with Crippen LogP contribution in [0.1, 0.15) is 6.92 Å². The Morgan fingerprint density at radius 3 is 2.80 bits per heavy atom. The third-order valence-electron chi connectivity index (χ3n) is 2.16. The molecule has 4 heteroatoms. The Hall–Kier alpha value is -1.48. The fourth-order valence-electron chi connectivity index (χ4n) is 1.53. The predicted octanol–water partition coefficient (Wildman–Crippen LogP) is 2.67. The molecule has 0 unspecified atom stereocenters. The molecule has 2 rings (SSSR count). The lowest BCUT2D eigenvalue weighted by atomic mass is 10.1. The summed E-state index contributed by atoms with van der Waals surface area (Å²) in [6.07, 6.45) is 1.69. The van der Waals surface area contributed by atoms with E-state index in [1.165, 1.54) is 0 Å². The van der Waals surface area contributed by atoms with Gasteiger partial charge in [0.25, 0.3) is 0 Å². The van der Waals surface area contributed by atoms with Gasteiger partial charge in [-0.3, -0.25) is 4.98 Å². The van der Waals surface area contributed by atoms with Crippen molar-refractivity contribution in [2.24, 2.45) is 0 Å². The number of hydrogen-bond acceptors (Lipinski definition) is 3. The van der Waals surface area contributed by atoms with Crippen LogP contribution in [-0.2, 0) is 0 Å². The molecule has 0 bridgehead atoms. The fourth-order valence-corrected chi connectivity index (χ4v) is 1.53. The van der Waals surface area contributed by atoms with Crippen LogP contribution in [0.2, 0.25) is 0 Å². The summed E-state index contributed by atoms with van der Waals surface area (Å²) in [5.41, 5.74) is 8.50. The highest BCUT2D eigenvalue weighted by atomic mass is 35.5.